The molecule has 5 heteroatoms. The van der Waals surface area contributed by atoms with Crippen molar-refractivity contribution in [1.82, 2.24) is 5.32 Å². The maximum atomic E-state index is 11.9. The minimum absolute atomic E-state index is 0.136. The second-order valence-corrected chi connectivity index (χ2v) is 4.53. The van der Waals surface area contributed by atoms with Crippen molar-refractivity contribution in [3.05, 3.63) is 0 Å². The summed E-state index contributed by atoms with van der Waals surface area (Å²) in [5.41, 5.74) is 4.60. The van der Waals surface area contributed by atoms with Gasteiger partial charge in [-0.25, -0.2) is 0 Å². The van der Waals surface area contributed by atoms with Crippen molar-refractivity contribution in [2.24, 2.45) is 17.6 Å². The van der Waals surface area contributed by atoms with Crippen LogP contribution in [0.15, 0.2) is 0 Å². The zero-order valence-electron chi connectivity index (χ0n) is 10.4. The molecule has 1 atom stereocenters. The molecule has 0 saturated heterocycles. The van der Waals surface area contributed by atoms with Gasteiger partial charge in [0.25, 0.3) is 0 Å². The highest BCUT2D eigenvalue weighted by Gasteiger charge is 2.31. The van der Waals surface area contributed by atoms with E-state index in [-0.39, 0.29) is 37.5 Å². The number of amides is 1. The summed E-state index contributed by atoms with van der Waals surface area (Å²) in [5.74, 6) is -0.358. The fourth-order valence-electron chi connectivity index (χ4n) is 1.48. The normalized spacial score (nSPS) is 13.9. The monoisotopic (exact) mass is 232 g/mol. The highest BCUT2D eigenvalue weighted by Crippen LogP contribution is 2.14. The van der Waals surface area contributed by atoms with E-state index in [1.807, 2.05) is 13.8 Å². The molecule has 0 aliphatic heterocycles. The van der Waals surface area contributed by atoms with Crippen LogP contribution < -0.4 is 11.1 Å². The van der Waals surface area contributed by atoms with E-state index in [0.29, 0.717) is 6.42 Å². The van der Waals surface area contributed by atoms with E-state index in [9.17, 15) is 15.0 Å². The van der Waals surface area contributed by atoms with Gasteiger partial charge in [0.1, 0.15) is 0 Å². The van der Waals surface area contributed by atoms with Crippen LogP contribution in [-0.2, 0) is 4.79 Å². The van der Waals surface area contributed by atoms with Crippen molar-refractivity contribution in [2.45, 2.75) is 32.7 Å². The maximum absolute atomic E-state index is 11.9. The molecule has 16 heavy (non-hydrogen) atoms. The average molecular weight is 232 g/mol. The van der Waals surface area contributed by atoms with Gasteiger partial charge >= 0.3 is 0 Å². The second kappa shape index (κ2) is 6.83. The Kier molecular flexibility index (Phi) is 6.55. The summed E-state index contributed by atoms with van der Waals surface area (Å²) < 4.78 is 0. The van der Waals surface area contributed by atoms with Crippen LogP contribution in [0.5, 0.6) is 0 Å². The first-order valence-electron chi connectivity index (χ1n) is 5.70. The van der Waals surface area contributed by atoms with E-state index in [2.05, 4.69) is 5.32 Å². The van der Waals surface area contributed by atoms with Gasteiger partial charge in [-0.15, -0.1) is 0 Å². The molecule has 0 rings (SSSR count). The molecule has 0 aromatic heterocycles. The SMILES string of the molecule is CCC(CO)(CO)NC(=O)C(CN)C(C)C. The standard InChI is InChI=1S/C11H24N2O3/c1-4-11(6-14,7-15)13-10(16)9(5-12)8(2)3/h8-9,14-15H,4-7,12H2,1-3H3,(H,13,16). The Morgan fingerprint density at radius 3 is 2.12 bits per heavy atom. The van der Waals surface area contributed by atoms with Crippen molar-refractivity contribution in [2.75, 3.05) is 19.8 Å². The van der Waals surface area contributed by atoms with Crippen LogP contribution in [0.3, 0.4) is 0 Å². The number of hydrogen-bond donors (Lipinski definition) is 4. The molecule has 0 aliphatic rings. The van der Waals surface area contributed by atoms with E-state index in [4.69, 9.17) is 5.73 Å². The van der Waals surface area contributed by atoms with Crippen molar-refractivity contribution >= 4 is 5.91 Å². The molecule has 0 saturated carbocycles. The molecular weight excluding hydrogens is 208 g/mol. The topological polar surface area (TPSA) is 95.6 Å². The van der Waals surface area contributed by atoms with Gasteiger partial charge in [0.15, 0.2) is 0 Å². The minimum atomic E-state index is -0.931. The Hall–Kier alpha value is -0.650. The lowest BCUT2D eigenvalue weighted by Crippen LogP contribution is -2.56. The Balaban J connectivity index is 4.62. The van der Waals surface area contributed by atoms with Crippen LogP contribution in [-0.4, -0.2) is 41.4 Å². The van der Waals surface area contributed by atoms with Gasteiger partial charge in [-0.3, -0.25) is 4.79 Å². The first kappa shape index (κ1) is 15.3. The predicted molar refractivity (Wildman–Crippen MR) is 62.7 cm³/mol. The van der Waals surface area contributed by atoms with Gasteiger partial charge in [-0.05, 0) is 12.3 Å². The number of nitrogens with two attached hydrogens (primary N) is 1. The third-order valence-electron chi connectivity index (χ3n) is 3.07. The van der Waals surface area contributed by atoms with E-state index in [1.165, 1.54) is 0 Å². The summed E-state index contributed by atoms with van der Waals surface area (Å²) in [6.07, 6.45) is 0.473. The zero-order chi connectivity index (χ0) is 12.8. The van der Waals surface area contributed by atoms with E-state index in [1.54, 1.807) is 6.92 Å². The summed E-state index contributed by atoms with van der Waals surface area (Å²) in [5, 5.41) is 21.1. The largest absolute Gasteiger partial charge is 0.394 e. The Labute approximate surface area is 97.0 Å². The summed E-state index contributed by atoms with van der Waals surface area (Å²) in [6, 6.07) is 0. The van der Waals surface area contributed by atoms with E-state index >= 15 is 0 Å². The molecule has 5 N–H and O–H groups in total. The van der Waals surface area contributed by atoms with E-state index in [0.717, 1.165) is 0 Å². The van der Waals surface area contributed by atoms with Crippen LogP contribution in [0.4, 0.5) is 0 Å². The summed E-state index contributed by atoms with van der Waals surface area (Å²) in [7, 11) is 0. The summed E-state index contributed by atoms with van der Waals surface area (Å²) in [4.78, 5) is 11.9. The van der Waals surface area contributed by atoms with Crippen molar-refractivity contribution in [1.29, 1.82) is 0 Å². The average Bonchev–Trinajstić information content (AvgIpc) is 2.26. The lowest BCUT2D eigenvalue weighted by molar-refractivity contribution is -0.129. The number of aliphatic hydroxyl groups excluding tert-OH is 2. The second-order valence-electron chi connectivity index (χ2n) is 4.53. The van der Waals surface area contributed by atoms with Gasteiger partial charge < -0.3 is 21.3 Å². The smallest absolute Gasteiger partial charge is 0.225 e. The lowest BCUT2D eigenvalue weighted by Gasteiger charge is -2.32. The third kappa shape index (κ3) is 3.73. The molecule has 0 fully saturated rings. The van der Waals surface area contributed by atoms with Crippen molar-refractivity contribution in [3.63, 3.8) is 0 Å². The van der Waals surface area contributed by atoms with E-state index < -0.39 is 5.54 Å². The third-order valence-corrected chi connectivity index (χ3v) is 3.07. The van der Waals surface area contributed by atoms with Crippen molar-refractivity contribution < 1.29 is 15.0 Å². The number of aliphatic hydroxyl groups is 2. The fourth-order valence-corrected chi connectivity index (χ4v) is 1.48. The van der Waals surface area contributed by atoms with Crippen LogP contribution in [0.1, 0.15) is 27.2 Å². The highest BCUT2D eigenvalue weighted by molar-refractivity contribution is 5.80. The number of carbonyl (C=O) groups excluding carboxylic acids is 1. The van der Waals surface area contributed by atoms with Gasteiger partial charge in [0.2, 0.25) is 5.91 Å². The lowest BCUT2D eigenvalue weighted by atomic mass is 9.92. The Morgan fingerprint density at radius 2 is 1.88 bits per heavy atom. The maximum Gasteiger partial charge on any atom is 0.225 e. The first-order chi connectivity index (χ1) is 7.46. The molecular formula is C11H24N2O3. The molecule has 0 heterocycles. The van der Waals surface area contributed by atoms with Gasteiger partial charge in [-0.1, -0.05) is 20.8 Å². The Bertz CT molecular complexity index is 207. The zero-order valence-corrected chi connectivity index (χ0v) is 10.4. The highest BCUT2D eigenvalue weighted by atomic mass is 16.3. The summed E-state index contributed by atoms with van der Waals surface area (Å²) >= 11 is 0. The van der Waals surface area contributed by atoms with Crippen molar-refractivity contribution in [3.8, 4) is 0 Å². The molecule has 96 valence electrons. The molecule has 1 amide bonds. The van der Waals surface area contributed by atoms with Crippen LogP contribution in [0.25, 0.3) is 0 Å². The molecule has 0 aromatic carbocycles. The number of hydrogen-bond acceptors (Lipinski definition) is 4. The van der Waals surface area contributed by atoms with Crippen LogP contribution in [0.2, 0.25) is 0 Å². The molecule has 0 aliphatic carbocycles. The van der Waals surface area contributed by atoms with Crippen LogP contribution >= 0.6 is 0 Å². The summed E-state index contributed by atoms with van der Waals surface area (Å²) in [6.45, 7) is 5.35. The molecule has 5 nitrogen and oxygen atoms in total. The molecule has 0 aromatic rings. The molecule has 0 radical (unpaired) electrons. The molecule has 1 unspecified atom stereocenters. The van der Waals surface area contributed by atoms with Gasteiger partial charge in [0.05, 0.1) is 24.7 Å². The quantitative estimate of drug-likeness (QED) is 0.474. The van der Waals surface area contributed by atoms with Gasteiger partial charge in [0, 0.05) is 6.54 Å². The van der Waals surface area contributed by atoms with Crippen LogP contribution in [0, 0.1) is 11.8 Å². The minimum Gasteiger partial charge on any atom is -0.394 e. The predicted octanol–water partition coefficient (Wildman–Crippen LogP) is -0.533. The Morgan fingerprint density at radius 1 is 1.38 bits per heavy atom. The fraction of sp³-hybridized carbons (Fsp3) is 0.909. The molecule has 0 bridgehead atoms. The number of nitrogens with one attached hydrogen (secondary N) is 1. The molecule has 0 spiro atoms. The van der Waals surface area contributed by atoms with Gasteiger partial charge in [-0.2, -0.15) is 0 Å². The number of rotatable bonds is 7. The number of carbonyl (C=O) groups is 1. The first-order valence-corrected chi connectivity index (χ1v) is 5.70.